The van der Waals surface area contributed by atoms with Crippen molar-refractivity contribution in [2.45, 2.75) is 83.6 Å². The molecule has 5 rings (SSSR count). The molecule has 2 heterocycles. The first-order valence-electron chi connectivity index (χ1n) is 12.2. The average molecular weight is 479 g/mol. The number of hydrogen-bond donors (Lipinski definition) is 3. The number of aliphatic hydroxyl groups is 3. The molecule has 2 aliphatic heterocycles. The average Bonchev–Trinajstić information content (AvgIpc) is 3.06. The van der Waals surface area contributed by atoms with E-state index in [0.29, 0.717) is 12.8 Å². The highest BCUT2D eigenvalue weighted by Gasteiger charge is 2.82. The molecule has 9 nitrogen and oxygen atoms in total. The van der Waals surface area contributed by atoms with Gasteiger partial charge >= 0.3 is 11.9 Å². The van der Waals surface area contributed by atoms with Crippen molar-refractivity contribution < 1.29 is 43.9 Å². The minimum Gasteiger partial charge on any atom is -0.459 e. The Kier molecular flexibility index (Phi) is 5.17. The minimum atomic E-state index is -1.43. The Hall–Kier alpha value is -1.81. The van der Waals surface area contributed by atoms with Crippen molar-refractivity contribution in [3.8, 4) is 0 Å². The lowest BCUT2D eigenvalue weighted by molar-refractivity contribution is -0.297. The molecule has 4 fully saturated rings. The second-order valence-corrected chi connectivity index (χ2v) is 11.4. The van der Waals surface area contributed by atoms with E-state index in [1.807, 2.05) is 6.92 Å². The maximum atomic E-state index is 13.3. The lowest BCUT2D eigenvalue weighted by Gasteiger charge is -2.68. The van der Waals surface area contributed by atoms with Crippen LogP contribution in [-0.4, -0.2) is 75.8 Å². The van der Waals surface area contributed by atoms with Crippen LogP contribution in [0.3, 0.4) is 0 Å². The summed E-state index contributed by atoms with van der Waals surface area (Å²) in [5.41, 5.74) is -2.84. The standard InChI is InChI=1S/C25H34O9/c1-6-10(2)21(30)34-16-18-24(5)20(29)15(27)17-23(4)12(11(3)7-13(26)19(23)28)8-14(33-22(16)31)25(17,18)9-32-24/h7,10,12,14-20,27-29H,6,8-9H2,1-5H3/t10?,12-,14+,15+,16?,17+,18-,19?,20?,23-,24-,25+/m0/s1. The van der Waals surface area contributed by atoms with Gasteiger partial charge in [0.05, 0.1) is 24.5 Å². The van der Waals surface area contributed by atoms with E-state index in [4.69, 9.17) is 14.2 Å². The zero-order chi connectivity index (χ0) is 25.0. The van der Waals surface area contributed by atoms with Crippen molar-refractivity contribution in [2.24, 2.45) is 34.5 Å². The van der Waals surface area contributed by atoms with Crippen molar-refractivity contribution in [2.75, 3.05) is 6.61 Å². The molecule has 3 aliphatic carbocycles. The topological polar surface area (TPSA) is 140 Å². The molecule has 5 aliphatic rings. The first kappa shape index (κ1) is 23.9. The molecule has 9 heteroatoms. The molecule has 0 amide bonds. The van der Waals surface area contributed by atoms with E-state index in [1.54, 1.807) is 27.7 Å². The van der Waals surface area contributed by atoms with Crippen molar-refractivity contribution in [3.63, 3.8) is 0 Å². The van der Waals surface area contributed by atoms with Crippen LogP contribution in [0.15, 0.2) is 11.6 Å². The van der Waals surface area contributed by atoms with Gasteiger partial charge in [0, 0.05) is 16.7 Å². The minimum absolute atomic E-state index is 0.0360. The van der Waals surface area contributed by atoms with E-state index in [2.05, 4.69) is 0 Å². The van der Waals surface area contributed by atoms with E-state index in [9.17, 15) is 29.7 Å². The van der Waals surface area contributed by atoms with Crippen molar-refractivity contribution >= 4 is 17.7 Å². The highest BCUT2D eigenvalue weighted by Crippen LogP contribution is 2.72. The van der Waals surface area contributed by atoms with E-state index in [1.165, 1.54) is 6.08 Å². The van der Waals surface area contributed by atoms with Gasteiger partial charge in [-0.15, -0.1) is 0 Å². The number of hydrogen-bond acceptors (Lipinski definition) is 9. The van der Waals surface area contributed by atoms with Gasteiger partial charge in [-0.1, -0.05) is 26.3 Å². The van der Waals surface area contributed by atoms with Gasteiger partial charge in [-0.05, 0) is 38.7 Å². The molecular weight excluding hydrogens is 444 g/mol. The fourth-order valence-corrected chi connectivity index (χ4v) is 8.09. The molecular formula is C25H34O9. The molecule has 12 atom stereocenters. The molecule has 0 aromatic carbocycles. The summed E-state index contributed by atoms with van der Waals surface area (Å²) in [4.78, 5) is 38.8. The highest BCUT2D eigenvalue weighted by atomic mass is 16.6. The molecule has 2 saturated heterocycles. The van der Waals surface area contributed by atoms with Gasteiger partial charge < -0.3 is 29.5 Å². The number of aliphatic hydroxyl groups excluding tert-OH is 3. The molecule has 1 spiro atoms. The molecule has 0 aromatic heterocycles. The largest absolute Gasteiger partial charge is 0.459 e. The van der Waals surface area contributed by atoms with E-state index in [0.717, 1.165) is 5.57 Å². The number of ether oxygens (including phenoxy) is 3. The van der Waals surface area contributed by atoms with Gasteiger partial charge in [-0.3, -0.25) is 9.59 Å². The molecule has 0 radical (unpaired) electrons. The zero-order valence-electron chi connectivity index (χ0n) is 20.2. The first-order valence-corrected chi connectivity index (χ1v) is 12.2. The fraction of sp³-hybridized carbons (Fsp3) is 0.800. The number of carbonyl (C=O) groups is 3. The van der Waals surface area contributed by atoms with Crippen molar-refractivity contribution in [1.82, 2.24) is 0 Å². The van der Waals surface area contributed by atoms with Crippen LogP contribution in [0.1, 0.15) is 47.5 Å². The number of allylic oxidation sites excluding steroid dienone is 1. The Labute approximate surface area is 198 Å². The Morgan fingerprint density at radius 3 is 2.56 bits per heavy atom. The number of esters is 2. The summed E-state index contributed by atoms with van der Waals surface area (Å²) in [5.74, 6) is -4.16. The second kappa shape index (κ2) is 7.35. The van der Waals surface area contributed by atoms with Gasteiger partial charge in [-0.2, -0.15) is 0 Å². The smallest absolute Gasteiger partial charge is 0.348 e. The Morgan fingerprint density at radius 2 is 1.91 bits per heavy atom. The lowest BCUT2D eigenvalue weighted by atomic mass is 9.38. The first-order chi connectivity index (χ1) is 15.8. The number of rotatable bonds is 3. The Bertz CT molecular complexity index is 975. The maximum Gasteiger partial charge on any atom is 0.348 e. The summed E-state index contributed by atoms with van der Waals surface area (Å²) in [6.07, 6.45) is -3.95. The number of carbonyl (C=O) groups excluding carboxylic acids is 3. The monoisotopic (exact) mass is 478 g/mol. The van der Waals surface area contributed by atoms with Crippen molar-refractivity contribution in [1.29, 1.82) is 0 Å². The molecule has 188 valence electrons. The van der Waals surface area contributed by atoms with Gasteiger partial charge in [0.25, 0.3) is 0 Å². The molecule has 34 heavy (non-hydrogen) atoms. The van der Waals surface area contributed by atoms with E-state index in [-0.39, 0.29) is 12.5 Å². The van der Waals surface area contributed by atoms with Crippen LogP contribution in [0, 0.1) is 34.5 Å². The summed E-state index contributed by atoms with van der Waals surface area (Å²) in [6, 6.07) is 0. The third kappa shape index (κ3) is 2.61. The van der Waals surface area contributed by atoms with Crippen LogP contribution in [0.4, 0.5) is 0 Å². The summed E-state index contributed by atoms with van der Waals surface area (Å²) in [6.45, 7) is 8.76. The fourth-order valence-electron chi connectivity index (χ4n) is 8.09. The quantitative estimate of drug-likeness (QED) is 0.496. The number of ketones is 1. The summed E-state index contributed by atoms with van der Waals surface area (Å²) >= 11 is 0. The SMILES string of the molecule is CCC(C)C(=O)OC1C(=O)O[C@@H]2C[C@H]3C(C)=CC(=O)C(O)[C@]3(C)[C@H]3[C@@H](O)C(O)[C@@]4(C)OC[C@]32[C@@H]14. The Balaban J connectivity index is 1.69. The van der Waals surface area contributed by atoms with Crippen LogP contribution < -0.4 is 0 Å². The molecule has 4 unspecified atom stereocenters. The van der Waals surface area contributed by atoms with Crippen LogP contribution >= 0.6 is 0 Å². The van der Waals surface area contributed by atoms with Crippen molar-refractivity contribution in [3.05, 3.63) is 11.6 Å². The van der Waals surface area contributed by atoms with Crippen LogP contribution in [0.25, 0.3) is 0 Å². The summed E-state index contributed by atoms with van der Waals surface area (Å²) in [7, 11) is 0. The summed E-state index contributed by atoms with van der Waals surface area (Å²) < 4.78 is 17.8. The Morgan fingerprint density at radius 1 is 1.24 bits per heavy atom. The predicted octanol–water partition coefficient (Wildman–Crippen LogP) is 0.529. The number of fused-ring (bicyclic) bond motifs is 2. The molecule has 2 bridgehead atoms. The molecule has 2 saturated carbocycles. The van der Waals surface area contributed by atoms with E-state index >= 15 is 0 Å². The molecule has 3 N–H and O–H groups in total. The maximum absolute atomic E-state index is 13.3. The van der Waals surface area contributed by atoms with Gasteiger partial charge in [0.15, 0.2) is 5.78 Å². The third-order valence-electron chi connectivity index (χ3n) is 9.96. The van der Waals surface area contributed by atoms with E-state index < -0.39 is 82.4 Å². The lowest BCUT2D eigenvalue weighted by Crippen LogP contribution is -2.78. The van der Waals surface area contributed by atoms with Gasteiger partial charge in [0.1, 0.15) is 23.9 Å². The zero-order valence-corrected chi connectivity index (χ0v) is 20.2. The highest BCUT2D eigenvalue weighted by molar-refractivity contribution is 5.96. The normalized spacial score (nSPS) is 52.2. The molecule has 0 aromatic rings. The van der Waals surface area contributed by atoms with Crippen LogP contribution in [0.5, 0.6) is 0 Å². The summed E-state index contributed by atoms with van der Waals surface area (Å²) in [5, 5.41) is 34.0. The van der Waals surface area contributed by atoms with Gasteiger partial charge in [-0.25, -0.2) is 4.79 Å². The second-order valence-electron chi connectivity index (χ2n) is 11.4. The predicted molar refractivity (Wildman–Crippen MR) is 116 cm³/mol. The van der Waals surface area contributed by atoms with Crippen LogP contribution in [0.2, 0.25) is 0 Å². The third-order valence-corrected chi connectivity index (χ3v) is 9.96. The van der Waals surface area contributed by atoms with Gasteiger partial charge in [0.2, 0.25) is 6.10 Å². The van der Waals surface area contributed by atoms with Crippen LogP contribution in [-0.2, 0) is 28.6 Å².